The summed E-state index contributed by atoms with van der Waals surface area (Å²) in [5.41, 5.74) is 3.08. The summed E-state index contributed by atoms with van der Waals surface area (Å²) in [6, 6.07) is 11.1. The van der Waals surface area contributed by atoms with Crippen LogP contribution in [-0.4, -0.2) is 82.2 Å². The van der Waals surface area contributed by atoms with Crippen molar-refractivity contribution in [2.24, 2.45) is 5.92 Å². The molecule has 10 nitrogen and oxygen atoms in total. The van der Waals surface area contributed by atoms with Crippen LogP contribution in [0, 0.1) is 12.8 Å². The van der Waals surface area contributed by atoms with E-state index in [-0.39, 0.29) is 30.0 Å². The van der Waals surface area contributed by atoms with Gasteiger partial charge in [-0.1, -0.05) is 62.4 Å². The lowest BCUT2D eigenvalue weighted by atomic mass is 9.87. The summed E-state index contributed by atoms with van der Waals surface area (Å²) < 4.78 is 56.9. The summed E-state index contributed by atoms with van der Waals surface area (Å²) in [6.07, 6.45) is 7.71. The van der Waals surface area contributed by atoms with E-state index >= 15 is 0 Å². The second-order valence-corrected chi connectivity index (χ2v) is 16.1. The Kier molecular flexibility index (Phi) is 13.4. The Morgan fingerprint density at radius 1 is 1.02 bits per heavy atom. The highest BCUT2D eigenvalue weighted by atomic mass is 32.2. The molecule has 1 atom stereocenters. The number of aryl methyl sites for hydroxylation is 1. The predicted octanol–water partition coefficient (Wildman–Crippen LogP) is 4.42. The molecule has 0 bridgehead atoms. The van der Waals surface area contributed by atoms with Gasteiger partial charge in [-0.05, 0) is 66.5 Å². The zero-order valence-electron chi connectivity index (χ0n) is 26.0. The van der Waals surface area contributed by atoms with E-state index in [2.05, 4.69) is 5.32 Å². The first-order chi connectivity index (χ1) is 20.8. The van der Waals surface area contributed by atoms with E-state index in [1.54, 1.807) is 29.6 Å². The highest BCUT2D eigenvalue weighted by molar-refractivity contribution is 7.90. The van der Waals surface area contributed by atoms with Crippen molar-refractivity contribution < 1.29 is 36.3 Å². The van der Waals surface area contributed by atoms with Crippen LogP contribution in [0.4, 0.5) is 0 Å². The normalized spacial score (nSPS) is 15.3. The average Bonchev–Trinajstić information content (AvgIpc) is 2.97. The second kappa shape index (κ2) is 16.5. The van der Waals surface area contributed by atoms with Gasteiger partial charge < -0.3 is 15.2 Å². The Morgan fingerprint density at radius 3 is 2.36 bits per heavy atom. The lowest BCUT2D eigenvalue weighted by Gasteiger charge is -2.27. The second-order valence-electron chi connectivity index (χ2n) is 11.8. The number of carboxylic acid groups (broad SMARTS) is 1. The van der Waals surface area contributed by atoms with Gasteiger partial charge in [-0.15, -0.1) is 0 Å². The molecule has 1 amide bonds. The molecule has 1 aliphatic carbocycles. The van der Waals surface area contributed by atoms with Gasteiger partial charge in [0.1, 0.15) is 15.9 Å². The molecule has 0 heterocycles. The number of ether oxygens (including phenoxy) is 1. The Balaban J connectivity index is 1.95. The third-order valence-electron chi connectivity index (χ3n) is 8.16. The largest absolute Gasteiger partial charge is 0.480 e. The lowest BCUT2D eigenvalue weighted by molar-refractivity contribution is -0.139. The van der Waals surface area contributed by atoms with E-state index in [4.69, 9.17) is 4.74 Å². The van der Waals surface area contributed by atoms with Crippen molar-refractivity contribution in [2.45, 2.75) is 70.9 Å². The van der Waals surface area contributed by atoms with Crippen LogP contribution in [0.25, 0.3) is 11.1 Å². The number of sulfonamides is 1. The van der Waals surface area contributed by atoms with Gasteiger partial charge in [-0.3, -0.25) is 4.79 Å². The maximum atomic E-state index is 13.5. The summed E-state index contributed by atoms with van der Waals surface area (Å²) in [6.45, 7) is 2.78. The van der Waals surface area contributed by atoms with Crippen LogP contribution in [-0.2, 0) is 35.9 Å². The van der Waals surface area contributed by atoms with Crippen LogP contribution in [0.1, 0.15) is 72.9 Å². The van der Waals surface area contributed by atoms with E-state index in [1.807, 2.05) is 31.2 Å². The van der Waals surface area contributed by atoms with E-state index in [1.165, 1.54) is 19.3 Å². The fraction of sp³-hybridized carbons (Fsp3) is 0.562. The molecule has 1 fully saturated rings. The van der Waals surface area contributed by atoms with Crippen LogP contribution < -0.4 is 5.32 Å². The van der Waals surface area contributed by atoms with Gasteiger partial charge in [0.2, 0.25) is 10.0 Å². The molecule has 0 unspecified atom stereocenters. The van der Waals surface area contributed by atoms with Crippen molar-refractivity contribution in [3.8, 4) is 11.1 Å². The number of hydrogen-bond donors (Lipinski definition) is 2. The minimum Gasteiger partial charge on any atom is -0.480 e. The number of rotatable bonds is 17. The maximum absolute atomic E-state index is 13.5. The van der Waals surface area contributed by atoms with Crippen LogP contribution in [0.2, 0.25) is 0 Å². The standard InChI is InChI=1S/C32H46N2O8S2/c1-24-10-7-8-13-27(24)29-22-26(14-15-28(29)31(35)33-30(32(36)37)17-21-43(3,38)39)23-34(44(40,41)20-9-19-42-2)18-16-25-11-5-4-6-12-25/h7-8,10,13-15,22,25,30H,4-6,9,11-12,16-21,23H2,1-3H3,(H,33,35)(H,36,37)/t30-/m0/s1. The molecule has 0 saturated heterocycles. The molecular formula is C32H46N2O8S2. The van der Waals surface area contributed by atoms with Crippen molar-refractivity contribution in [2.75, 3.05) is 38.0 Å². The van der Waals surface area contributed by atoms with Crippen molar-refractivity contribution in [3.05, 3.63) is 59.2 Å². The molecule has 0 aliphatic heterocycles. The third kappa shape index (κ3) is 11.0. The summed E-state index contributed by atoms with van der Waals surface area (Å²) in [5, 5.41) is 12.1. The van der Waals surface area contributed by atoms with E-state index in [9.17, 15) is 31.5 Å². The number of nitrogens with one attached hydrogen (secondary N) is 1. The molecule has 2 aromatic rings. The Bertz CT molecular complexity index is 1490. The summed E-state index contributed by atoms with van der Waals surface area (Å²) >= 11 is 0. The third-order valence-corrected chi connectivity index (χ3v) is 11.0. The molecule has 12 heteroatoms. The van der Waals surface area contributed by atoms with Gasteiger partial charge in [-0.2, -0.15) is 4.31 Å². The van der Waals surface area contributed by atoms with Gasteiger partial charge in [0, 0.05) is 38.6 Å². The Hall–Kier alpha value is -2.80. The van der Waals surface area contributed by atoms with Crippen molar-refractivity contribution >= 4 is 31.7 Å². The van der Waals surface area contributed by atoms with Crippen LogP contribution in [0.3, 0.4) is 0 Å². The van der Waals surface area contributed by atoms with Gasteiger partial charge >= 0.3 is 5.97 Å². The first kappa shape index (κ1) is 35.7. The number of nitrogens with zero attached hydrogens (tertiary/aromatic N) is 1. The predicted molar refractivity (Wildman–Crippen MR) is 172 cm³/mol. The maximum Gasteiger partial charge on any atom is 0.326 e. The van der Waals surface area contributed by atoms with Crippen LogP contribution in [0.5, 0.6) is 0 Å². The number of benzene rings is 2. The first-order valence-corrected chi connectivity index (χ1v) is 18.8. The van der Waals surface area contributed by atoms with Crippen molar-refractivity contribution in [1.29, 1.82) is 0 Å². The zero-order valence-corrected chi connectivity index (χ0v) is 27.6. The summed E-state index contributed by atoms with van der Waals surface area (Å²) in [7, 11) is -5.48. The van der Waals surface area contributed by atoms with Gasteiger partial charge in [-0.25, -0.2) is 21.6 Å². The average molecular weight is 651 g/mol. The zero-order chi connectivity index (χ0) is 32.3. The Labute approximate surface area is 262 Å². The highest BCUT2D eigenvalue weighted by Gasteiger charge is 2.27. The molecule has 0 radical (unpaired) electrons. The topological polar surface area (TPSA) is 147 Å². The molecule has 1 aliphatic rings. The molecular weight excluding hydrogens is 604 g/mol. The molecule has 2 N–H and O–H groups in total. The highest BCUT2D eigenvalue weighted by Crippen LogP contribution is 2.30. The number of carbonyl (C=O) groups is 2. The number of amides is 1. The number of carboxylic acids is 1. The van der Waals surface area contributed by atoms with Crippen LogP contribution in [0.15, 0.2) is 42.5 Å². The monoisotopic (exact) mass is 650 g/mol. The molecule has 3 rings (SSSR count). The molecule has 2 aromatic carbocycles. The molecule has 244 valence electrons. The molecule has 0 aromatic heterocycles. The van der Waals surface area contributed by atoms with Crippen molar-refractivity contribution in [3.63, 3.8) is 0 Å². The lowest BCUT2D eigenvalue weighted by Crippen LogP contribution is -2.42. The summed E-state index contributed by atoms with van der Waals surface area (Å²) in [5.74, 6) is -1.90. The molecule has 44 heavy (non-hydrogen) atoms. The van der Waals surface area contributed by atoms with Gasteiger partial charge in [0.25, 0.3) is 5.91 Å². The fourth-order valence-electron chi connectivity index (χ4n) is 5.65. The number of hydrogen-bond acceptors (Lipinski definition) is 7. The van der Waals surface area contributed by atoms with Gasteiger partial charge in [0.05, 0.1) is 11.5 Å². The smallest absolute Gasteiger partial charge is 0.326 e. The quantitative estimate of drug-likeness (QED) is 0.239. The molecule has 0 spiro atoms. The van der Waals surface area contributed by atoms with E-state index < -0.39 is 37.8 Å². The number of sulfone groups is 1. The SMILES string of the molecule is COCCCS(=O)(=O)N(CCC1CCCCC1)Cc1ccc(C(=O)N[C@@H](CCS(C)(=O)=O)C(=O)O)c(-c2ccccc2C)c1. The van der Waals surface area contributed by atoms with Crippen LogP contribution >= 0.6 is 0 Å². The van der Waals surface area contributed by atoms with E-state index in [0.717, 1.165) is 36.6 Å². The first-order valence-electron chi connectivity index (χ1n) is 15.2. The number of carbonyl (C=O) groups excluding carboxylic acids is 1. The fourth-order valence-corrected chi connectivity index (χ4v) is 7.78. The van der Waals surface area contributed by atoms with Gasteiger partial charge in [0.15, 0.2) is 0 Å². The summed E-state index contributed by atoms with van der Waals surface area (Å²) in [4.78, 5) is 25.3. The Morgan fingerprint density at radius 2 is 1.73 bits per heavy atom. The molecule has 1 saturated carbocycles. The van der Waals surface area contributed by atoms with E-state index in [0.29, 0.717) is 36.6 Å². The number of aliphatic carboxylic acids is 1. The minimum atomic E-state index is -3.59. The minimum absolute atomic E-state index is 0.0271. The van der Waals surface area contributed by atoms with Crippen molar-refractivity contribution in [1.82, 2.24) is 9.62 Å². The number of methoxy groups -OCH3 is 1.